The van der Waals surface area contributed by atoms with E-state index in [0.717, 1.165) is 22.6 Å². The molecule has 0 spiro atoms. The maximum atomic E-state index is 5.28. The van der Waals surface area contributed by atoms with Gasteiger partial charge >= 0.3 is 0 Å². The van der Waals surface area contributed by atoms with Gasteiger partial charge in [0.15, 0.2) is 0 Å². The molecule has 1 atom stereocenters. The smallest absolute Gasteiger partial charge is 0.135 e. The van der Waals surface area contributed by atoms with Crippen molar-refractivity contribution in [1.29, 1.82) is 0 Å². The third-order valence-electron chi connectivity index (χ3n) is 11.3. The fraction of sp³-hybridized carbons (Fsp3) is 0.0208. The number of para-hydroxylation sites is 3. The Labute approximate surface area is 298 Å². The van der Waals surface area contributed by atoms with Crippen LogP contribution >= 0.6 is 0 Å². The van der Waals surface area contributed by atoms with Crippen LogP contribution in [-0.4, -0.2) is 14.8 Å². The first-order valence-electron chi connectivity index (χ1n) is 17.9. The van der Waals surface area contributed by atoms with Gasteiger partial charge in [-0.2, -0.15) is 0 Å². The van der Waals surface area contributed by atoms with Gasteiger partial charge in [-0.1, -0.05) is 140 Å². The van der Waals surface area contributed by atoms with E-state index in [4.69, 9.17) is 4.99 Å². The highest BCUT2D eigenvalue weighted by molar-refractivity contribution is 6.36. The summed E-state index contributed by atoms with van der Waals surface area (Å²) in [4.78, 5) is 5.28. The van der Waals surface area contributed by atoms with Gasteiger partial charge in [-0.3, -0.25) is 0 Å². The highest BCUT2D eigenvalue weighted by atomic mass is 15.2. The Morgan fingerprint density at radius 2 is 1.13 bits per heavy atom. The van der Waals surface area contributed by atoms with Gasteiger partial charge < -0.3 is 14.3 Å². The molecule has 3 aromatic heterocycles. The molecular formula is C48H30N4. The molecule has 0 amide bonds. The van der Waals surface area contributed by atoms with Crippen LogP contribution in [0.4, 0.5) is 5.69 Å². The predicted octanol–water partition coefficient (Wildman–Crippen LogP) is 12.0. The maximum absolute atomic E-state index is 5.28. The van der Waals surface area contributed by atoms with Gasteiger partial charge in [0, 0.05) is 48.8 Å². The second kappa shape index (κ2) is 10.3. The number of hydrogen-bond acceptors (Lipinski definition) is 2. The molecule has 0 saturated carbocycles. The zero-order valence-corrected chi connectivity index (χ0v) is 28.1. The SMILES string of the molecule is c1ccc(-c2cccc(C3=Nc4ccccc4C(n4c5cc6c7ccccc7n7c8ccccc8c(c5c5ccc8ccccc8c54)c67)N3)c2)cc1. The van der Waals surface area contributed by atoms with Crippen molar-refractivity contribution in [1.82, 2.24) is 14.3 Å². The average Bonchev–Trinajstić information content (AvgIpc) is 3.85. The number of aromatic nitrogens is 2. The van der Waals surface area contributed by atoms with Crippen LogP contribution in [0.15, 0.2) is 175 Å². The molecule has 4 heterocycles. The first-order valence-corrected chi connectivity index (χ1v) is 17.9. The Balaban J connectivity index is 1.22. The summed E-state index contributed by atoms with van der Waals surface area (Å²) in [6.45, 7) is 0. The standard InChI is InChI=1S/C48H30N4/c1-2-13-29(14-3-1)31-16-12-17-32(27-31)47-49-39-22-9-6-20-35(39)48(50-47)52-42-28-38-34-19-7-10-23-40(34)51-41-24-11-8-21-36(41)44(46(38)51)43(42)37-26-25-30-15-4-5-18-33(30)45(37)52/h1-28,48H,(H,49,50). The zero-order valence-electron chi connectivity index (χ0n) is 28.1. The molecular weight excluding hydrogens is 633 g/mol. The first-order chi connectivity index (χ1) is 25.8. The first kappa shape index (κ1) is 27.9. The second-order valence-electron chi connectivity index (χ2n) is 14.0. The van der Waals surface area contributed by atoms with Crippen molar-refractivity contribution in [2.24, 2.45) is 4.99 Å². The summed E-state index contributed by atoms with van der Waals surface area (Å²) in [6.07, 6.45) is -0.218. The van der Waals surface area contributed by atoms with Crippen molar-refractivity contribution in [3.63, 3.8) is 0 Å². The largest absolute Gasteiger partial charge is 0.345 e. The molecule has 1 unspecified atom stereocenters. The van der Waals surface area contributed by atoms with Crippen LogP contribution in [0.3, 0.4) is 0 Å². The minimum atomic E-state index is -0.218. The Morgan fingerprint density at radius 1 is 0.442 bits per heavy atom. The lowest BCUT2D eigenvalue weighted by atomic mass is 10.0. The zero-order chi connectivity index (χ0) is 33.9. The lowest BCUT2D eigenvalue weighted by Crippen LogP contribution is -2.36. The van der Waals surface area contributed by atoms with Crippen molar-refractivity contribution in [2.75, 3.05) is 0 Å². The van der Waals surface area contributed by atoms with E-state index in [2.05, 4.69) is 184 Å². The molecule has 12 rings (SSSR count). The van der Waals surface area contributed by atoms with Crippen molar-refractivity contribution in [2.45, 2.75) is 6.17 Å². The number of benzene rings is 8. The molecule has 0 bridgehead atoms. The minimum absolute atomic E-state index is 0.218. The Hall–Kier alpha value is -6.91. The van der Waals surface area contributed by atoms with Gasteiger partial charge in [-0.15, -0.1) is 0 Å². The normalized spacial score (nSPS) is 14.6. The minimum Gasteiger partial charge on any atom is -0.345 e. The van der Waals surface area contributed by atoms with Gasteiger partial charge in [0.25, 0.3) is 0 Å². The van der Waals surface area contributed by atoms with Crippen molar-refractivity contribution in [3.05, 3.63) is 181 Å². The summed E-state index contributed by atoms with van der Waals surface area (Å²) < 4.78 is 5.06. The van der Waals surface area contributed by atoms with Gasteiger partial charge in [-0.25, -0.2) is 4.99 Å². The number of nitrogens with zero attached hydrogens (tertiary/aromatic N) is 3. The van der Waals surface area contributed by atoms with Crippen LogP contribution in [0.2, 0.25) is 0 Å². The fourth-order valence-electron chi connectivity index (χ4n) is 9.08. The predicted molar refractivity (Wildman–Crippen MR) is 217 cm³/mol. The fourth-order valence-corrected chi connectivity index (χ4v) is 9.08. The quantitative estimate of drug-likeness (QED) is 0.201. The van der Waals surface area contributed by atoms with Crippen molar-refractivity contribution in [3.8, 4) is 11.1 Å². The van der Waals surface area contributed by atoms with Crippen LogP contribution in [0.1, 0.15) is 17.3 Å². The maximum Gasteiger partial charge on any atom is 0.135 e. The van der Waals surface area contributed by atoms with E-state index in [1.807, 2.05) is 0 Å². The van der Waals surface area contributed by atoms with E-state index in [-0.39, 0.29) is 6.17 Å². The van der Waals surface area contributed by atoms with Gasteiger partial charge in [0.1, 0.15) is 12.0 Å². The van der Waals surface area contributed by atoms with E-state index >= 15 is 0 Å². The molecule has 0 saturated heterocycles. The lowest BCUT2D eigenvalue weighted by Gasteiger charge is -2.30. The van der Waals surface area contributed by atoms with Crippen molar-refractivity contribution < 1.29 is 0 Å². The summed E-state index contributed by atoms with van der Waals surface area (Å²) >= 11 is 0. The monoisotopic (exact) mass is 662 g/mol. The third kappa shape index (κ3) is 3.68. The molecule has 0 aliphatic carbocycles. The Kier molecular flexibility index (Phi) is 5.53. The molecule has 1 N–H and O–H groups in total. The number of rotatable bonds is 3. The number of nitrogens with one attached hydrogen (secondary N) is 1. The Morgan fingerprint density at radius 3 is 2.02 bits per heavy atom. The van der Waals surface area contributed by atoms with Gasteiger partial charge in [0.2, 0.25) is 0 Å². The highest BCUT2D eigenvalue weighted by Crippen LogP contribution is 2.48. The van der Waals surface area contributed by atoms with E-state index in [1.54, 1.807) is 0 Å². The van der Waals surface area contributed by atoms with Crippen LogP contribution in [0.5, 0.6) is 0 Å². The summed E-state index contributed by atoms with van der Waals surface area (Å²) in [5.74, 6) is 0.865. The molecule has 4 nitrogen and oxygen atoms in total. The molecule has 1 aliphatic rings. The molecule has 242 valence electrons. The summed E-state index contributed by atoms with van der Waals surface area (Å²) in [6, 6.07) is 61.6. The summed E-state index contributed by atoms with van der Waals surface area (Å²) in [5.41, 5.74) is 11.8. The highest BCUT2D eigenvalue weighted by Gasteiger charge is 2.30. The van der Waals surface area contributed by atoms with E-state index < -0.39 is 0 Å². The number of amidine groups is 1. The van der Waals surface area contributed by atoms with Gasteiger partial charge in [-0.05, 0) is 46.8 Å². The molecule has 52 heavy (non-hydrogen) atoms. The summed E-state index contributed by atoms with van der Waals surface area (Å²) in [5, 5.41) is 14.2. The van der Waals surface area contributed by atoms with E-state index in [1.165, 1.54) is 81.8 Å². The molecule has 0 fully saturated rings. The topological polar surface area (TPSA) is 33.7 Å². The van der Waals surface area contributed by atoms with Crippen LogP contribution in [-0.2, 0) is 0 Å². The average molecular weight is 663 g/mol. The van der Waals surface area contributed by atoms with E-state index in [0.29, 0.717) is 0 Å². The van der Waals surface area contributed by atoms with Crippen LogP contribution in [0, 0.1) is 0 Å². The second-order valence-corrected chi connectivity index (χ2v) is 14.0. The van der Waals surface area contributed by atoms with Gasteiger partial charge in [0.05, 0.1) is 33.3 Å². The molecule has 0 radical (unpaired) electrons. The summed E-state index contributed by atoms with van der Waals surface area (Å²) in [7, 11) is 0. The number of hydrogen-bond donors (Lipinski definition) is 1. The number of aliphatic imine (C=N–C) groups is 1. The van der Waals surface area contributed by atoms with Crippen molar-refractivity contribution >= 4 is 82.2 Å². The number of fused-ring (bicyclic) bond motifs is 13. The van der Waals surface area contributed by atoms with E-state index in [9.17, 15) is 0 Å². The third-order valence-corrected chi connectivity index (χ3v) is 11.3. The van der Waals surface area contributed by atoms with Crippen LogP contribution < -0.4 is 5.32 Å². The lowest BCUT2D eigenvalue weighted by molar-refractivity contribution is 0.579. The molecule has 4 heteroatoms. The molecule has 11 aromatic rings. The molecule has 8 aromatic carbocycles. The van der Waals surface area contributed by atoms with Crippen LogP contribution in [0.25, 0.3) is 81.8 Å². The molecule has 1 aliphatic heterocycles. The Bertz CT molecular complexity index is 3270.